The molecule has 0 spiro atoms. The van der Waals surface area contributed by atoms with Crippen molar-refractivity contribution in [1.82, 2.24) is 9.78 Å². The van der Waals surface area contributed by atoms with E-state index in [-0.39, 0.29) is 0 Å². The maximum absolute atomic E-state index is 11.7. The van der Waals surface area contributed by atoms with Gasteiger partial charge >= 0.3 is 0 Å². The Morgan fingerprint density at radius 2 is 2.16 bits per heavy atom. The molecule has 1 aromatic carbocycles. The van der Waals surface area contributed by atoms with Crippen LogP contribution in [0.25, 0.3) is 0 Å². The summed E-state index contributed by atoms with van der Waals surface area (Å²) >= 11 is 6.07. The van der Waals surface area contributed by atoms with E-state index in [0.717, 1.165) is 11.3 Å². The zero-order valence-electron chi connectivity index (χ0n) is 10.7. The summed E-state index contributed by atoms with van der Waals surface area (Å²) in [5, 5.41) is 7.71. The lowest BCUT2D eigenvalue weighted by Gasteiger charge is -2.17. The van der Waals surface area contributed by atoms with E-state index >= 15 is 0 Å². The lowest BCUT2D eigenvalue weighted by Crippen LogP contribution is -2.28. The molecule has 0 fully saturated rings. The fourth-order valence-electron chi connectivity index (χ4n) is 1.83. The minimum atomic E-state index is -0.659. The molecule has 1 atom stereocenters. The summed E-state index contributed by atoms with van der Waals surface area (Å²) in [5.74, 6) is -0.476. The molecule has 3 N–H and O–H groups in total. The van der Waals surface area contributed by atoms with Gasteiger partial charge in [-0.1, -0.05) is 23.7 Å². The van der Waals surface area contributed by atoms with Gasteiger partial charge in [0.2, 0.25) is 5.91 Å². The van der Waals surface area contributed by atoms with E-state index in [1.807, 2.05) is 26.1 Å². The molecule has 0 aliphatic rings. The second-order valence-electron chi connectivity index (χ2n) is 4.27. The summed E-state index contributed by atoms with van der Waals surface area (Å²) in [5.41, 5.74) is 7.75. The molecule has 1 unspecified atom stereocenters. The van der Waals surface area contributed by atoms with E-state index in [9.17, 15) is 4.79 Å². The Hall–Kier alpha value is -2.01. The fraction of sp³-hybridized carbons (Fsp3) is 0.231. The van der Waals surface area contributed by atoms with Gasteiger partial charge in [-0.15, -0.1) is 0 Å². The molecule has 2 rings (SSSR count). The highest BCUT2D eigenvalue weighted by molar-refractivity contribution is 6.33. The van der Waals surface area contributed by atoms with Crippen molar-refractivity contribution in [3.8, 4) is 0 Å². The normalized spacial score (nSPS) is 12.2. The summed E-state index contributed by atoms with van der Waals surface area (Å²) in [6.07, 6.45) is 1.63. The van der Waals surface area contributed by atoms with Gasteiger partial charge in [0.15, 0.2) is 0 Å². The van der Waals surface area contributed by atoms with Crippen LogP contribution < -0.4 is 11.1 Å². The summed E-state index contributed by atoms with van der Waals surface area (Å²) < 4.78 is 1.69. The first kappa shape index (κ1) is 13.4. The fourth-order valence-corrected chi connectivity index (χ4v) is 2.03. The van der Waals surface area contributed by atoms with Crippen molar-refractivity contribution in [2.45, 2.75) is 13.0 Å². The van der Waals surface area contributed by atoms with Crippen LogP contribution in [0.1, 0.15) is 17.3 Å². The number of nitrogens with two attached hydrogens (primary N) is 1. The summed E-state index contributed by atoms with van der Waals surface area (Å²) in [7, 11) is 1.81. The van der Waals surface area contributed by atoms with E-state index in [2.05, 4.69) is 10.4 Å². The molecule has 0 saturated carbocycles. The second kappa shape index (κ2) is 5.32. The van der Waals surface area contributed by atoms with Crippen molar-refractivity contribution in [1.29, 1.82) is 0 Å². The molecule has 0 aliphatic carbocycles. The van der Waals surface area contributed by atoms with Crippen molar-refractivity contribution in [2.24, 2.45) is 12.8 Å². The minimum absolute atomic E-state index is 0.476. The summed E-state index contributed by atoms with van der Waals surface area (Å²) in [6.45, 7) is 1.88. The lowest BCUT2D eigenvalue weighted by molar-refractivity contribution is -0.118. The van der Waals surface area contributed by atoms with Crippen LogP contribution >= 0.6 is 11.6 Å². The Morgan fingerprint density at radius 3 is 2.68 bits per heavy atom. The van der Waals surface area contributed by atoms with Gasteiger partial charge in [0.05, 0.1) is 16.9 Å². The number of primary amides is 1. The molecule has 0 aliphatic heterocycles. The van der Waals surface area contributed by atoms with E-state index in [1.54, 1.807) is 23.0 Å². The Balaban J connectivity index is 2.35. The van der Waals surface area contributed by atoms with Crippen molar-refractivity contribution in [2.75, 3.05) is 5.32 Å². The lowest BCUT2D eigenvalue weighted by atomic mass is 10.1. The highest BCUT2D eigenvalue weighted by atomic mass is 35.5. The van der Waals surface area contributed by atoms with Crippen molar-refractivity contribution < 1.29 is 4.79 Å². The van der Waals surface area contributed by atoms with Crippen LogP contribution in [-0.2, 0) is 11.8 Å². The van der Waals surface area contributed by atoms with E-state index in [0.29, 0.717) is 10.7 Å². The number of carbonyl (C=O) groups excluding carboxylic acids is 1. The number of anilines is 1. The van der Waals surface area contributed by atoms with Gasteiger partial charge in [-0.2, -0.15) is 5.10 Å². The van der Waals surface area contributed by atoms with Gasteiger partial charge in [-0.05, 0) is 19.1 Å². The Bertz CT molecular complexity index is 608. The average molecular weight is 279 g/mol. The van der Waals surface area contributed by atoms with Crippen LogP contribution in [0.2, 0.25) is 5.02 Å². The molecule has 1 amide bonds. The monoisotopic (exact) mass is 278 g/mol. The van der Waals surface area contributed by atoms with Crippen LogP contribution in [0, 0.1) is 6.92 Å². The molecule has 0 saturated heterocycles. The van der Waals surface area contributed by atoms with Gasteiger partial charge in [0, 0.05) is 18.3 Å². The standard InChI is InChI=1S/C13H15ClN4O/c1-8-9(7-16-18(8)2)12(13(15)19)17-11-6-4-3-5-10(11)14/h3-7,12,17H,1-2H3,(H2,15,19). The Kier molecular flexibility index (Phi) is 3.76. The molecule has 1 aromatic heterocycles. The second-order valence-corrected chi connectivity index (χ2v) is 4.68. The SMILES string of the molecule is Cc1c(C(Nc2ccccc2Cl)C(N)=O)cnn1C. The molecule has 100 valence electrons. The van der Waals surface area contributed by atoms with E-state index in [1.165, 1.54) is 0 Å². The number of benzene rings is 1. The van der Waals surface area contributed by atoms with Gasteiger partial charge in [-0.25, -0.2) is 0 Å². The smallest absolute Gasteiger partial charge is 0.244 e. The Labute approximate surface area is 116 Å². The Morgan fingerprint density at radius 1 is 1.47 bits per heavy atom. The maximum atomic E-state index is 11.7. The largest absolute Gasteiger partial charge is 0.369 e. The summed E-state index contributed by atoms with van der Waals surface area (Å²) in [6, 6.07) is 6.54. The minimum Gasteiger partial charge on any atom is -0.369 e. The van der Waals surface area contributed by atoms with Crippen molar-refractivity contribution in [3.05, 3.63) is 46.7 Å². The molecule has 0 bridgehead atoms. The maximum Gasteiger partial charge on any atom is 0.244 e. The predicted molar refractivity (Wildman–Crippen MR) is 75.0 cm³/mol. The average Bonchev–Trinajstić information content (AvgIpc) is 2.69. The van der Waals surface area contributed by atoms with Crippen LogP contribution in [0.4, 0.5) is 5.69 Å². The van der Waals surface area contributed by atoms with E-state index in [4.69, 9.17) is 17.3 Å². The number of carbonyl (C=O) groups is 1. The summed E-state index contributed by atoms with van der Waals surface area (Å²) in [4.78, 5) is 11.7. The van der Waals surface area contributed by atoms with E-state index < -0.39 is 11.9 Å². The van der Waals surface area contributed by atoms with Gasteiger partial charge in [0.25, 0.3) is 0 Å². The molecule has 19 heavy (non-hydrogen) atoms. The zero-order valence-corrected chi connectivity index (χ0v) is 11.5. The molecular weight excluding hydrogens is 264 g/mol. The van der Waals surface area contributed by atoms with Crippen LogP contribution in [0.5, 0.6) is 0 Å². The molecule has 1 heterocycles. The highest BCUT2D eigenvalue weighted by Gasteiger charge is 2.22. The van der Waals surface area contributed by atoms with Crippen LogP contribution in [-0.4, -0.2) is 15.7 Å². The molecule has 6 heteroatoms. The number of rotatable bonds is 4. The topological polar surface area (TPSA) is 72.9 Å². The molecule has 5 nitrogen and oxygen atoms in total. The number of nitrogens with one attached hydrogen (secondary N) is 1. The molecular formula is C13H15ClN4O. The predicted octanol–water partition coefficient (Wildman–Crippen LogP) is 2.02. The van der Waals surface area contributed by atoms with Crippen LogP contribution in [0.15, 0.2) is 30.5 Å². The third-order valence-electron chi connectivity index (χ3n) is 3.04. The molecule has 0 radical (unpaired) electrons. The number of aromatic nitrogens is 2. The van der Waals surface area contributed by atoms with Crippen molar-refractivity contribution in [3.63, 3.8) is 0 Å². The first-order valence-corrected chi connectivity index (χ1v) is 6.17. The van der Waals surface area contributed by atoms with Crippen molar-refractivity contribution >= 4 is 23.2 Å². The third kappa shape index (κ3) is 2.71. The van der Waals surface area contributed by atoms with Gasteiger partial charge < -0.3 is 11.1 Å². The quantitative estimate of drug-likeness (QED) is 0.899. The number of hydrogen-bond acceptors (Lipinski definition) is 3. The first-order chi connectivity index (χ1) is 9.00. The number of para-hydroxylation sites is 1. The number of hydrogen-bond donors (Lipinski definition) is 2. The highest BCUT2D eigenvalue weighted by Crippen LogP contribution is 2.27. The van der Waals surface area contributed by atoms with Crippen LogP contribution in [0.3, 0.4) is 0 Å². The third-order valence-corrected chi connectivity index (χ3v) is 3.37. The number of aryl methyl sites for hydroxylation is 1. The number of nitrogens with zero attached hydrogens (tertiary/aromatic N) is 2. The molecule has 2 aromatic rings. The number of halogens is 1. The zero-order chi connectivity index (χ0) is 14.0. The first-order valence-electron chi connectivity index (χ1n) is 5.79. The van der Waals surface area contributed by atoms with Gasteiger partial charge in [0.1, 0.15) is 6.04 Å². The number of amides is 1. The van der Waals surface area contributed by atoms with Gasteiger partial charge in [-0.3, -0.25) is 9.48 Å².